The number of carbonyl (C=O) groups is 1. The van der Waals surface area contributed by atoms with Crippen LogP contribution in [0.2, 0.25) is 0 Å². The minimum absolute atomic E-state index is 0.0578. The zero-order chi connectivity index (χ0) is 19.2. The number of alkyl halides is 3. The van der Waals surface area contributed by atoms with Crippen LogP contribution in [0.4, 0.5) is 13.2 Å². The second-order valence-corrected chi connectivity index (χ2v) is 7.59. The summed E-state index contributed by atoms with van der Waals surface area (Å²) < 4.78 is 53.5. The Morgan fingerprint density at radius 2 is 1.74 bits per heavy atom. The molecule has 3 aliphatic rings. The van der Waals surface area contributed by atoms with E-state index in [1.807, 2.05) is 0 Å². The maximum atomic E-state index is 13.6. The van der Waals surface area contributed by atoms with Gasteiger partial charge in [-0.2, -0.15) is 18.3 Å². The van der Waals surface area contributed by atoms with Crippen molar-refractivity contribution in [2.45, 2.75) is 63.5 Å². The summed E-state index contributed by atoms with van der Waals surface area (Å²) in [4.78, 5) is 14.5. The van der Waals surface area contributed by atoms with Crippen LogP contribution in [0.15, 0.2) is 0 Å². The monoisotopic (exact) mass is 387 g/mol. The van der Waals surface area contributed by atoms with Crippen LogP contribution in [0.1, 0.15) is 66.3 Å². The molecule has 27 heavy (non-hydrogen) atoms. The summed E-state index contributed by atoms with van der Waals surface area (Å²) in [5.74, 6) is -1.27. The number of hydrogen-bond donors (Lipinski definition) is 0. The number of aromatic nitrogens is 2. The zero-order valence-electron chi connectivity index (χ0n) is 15.3. The average molecular weight is 387 g/mol. The van der Waals surface area contributed by atoms with Gasteiger partial charge in [-0.05, 0) is 19.8 Å². The number of nitrogens with zero attached hydrogens (tertiary/aromatic N) is 3. The number of hydrogen-bond acceptors (Lipinski definition) is 4. The summed E-state index contributed by atoms with van der Waals surface area (Å²) in [7, 11) is 0. The Kier molecular flexibility index (Phi) is 4.70. The fourth-order valence-electron chi connectivity index (χ4n) is 4.47. The third kappa shape index (κ3) is 3.35. The number of halogens is 3. The Bertz CT molecular complexity index is 709. The van der Waals surface area contributed by atoms with E-state index >= 15 is 0 Å². The van der Waals surface area contributed by atoms with E-state index in [9.17, 15) is 18.0 Å². The Hall–Kier alpha value is -1.61. The third-order valence-corrected chi connectivity index (χ3v) is 5.93. The van der Waals surface area contributed by atoms with Gasteiger partial charge in [0.15, 0.2) is 11.5 Å². The molecule has 0 radical (unpaired) electrons. The molecule has 3 fully saturated rings. The van der Waals surface area contributed by atoms with E-state index in [1.165, 1.54) is 9.58 Å². The van der Waals surface area contributed by atoms with Gasteiger partial charge in [0.2, 0.25) is 0 Å². The van der Waals surface area contributed by atoms with Gasteiger partial charge in [-0.3, -0.25) is 9.48 Å². The largest absolute Gasteiger partial charge is 0.435 e. The van der Waals surface area contributed by atoms with Crippen molar-refractivity contribution >= 4 is 5.91 Å². The summed E-state index contributed by atoms with van der Waals surface area (Å²) in [6, 6.07) is -0.0578. The van der Waals surface area contributed by atoms with Crippen molar-refractivity contribution in [3.05, 3.63) is 17.0 Å². The predicted octanol–water partition coefficient (Wildman–Crippen LogP) is 3.30. The minimum atomic E-state index is -4.66. The maximum Gasteiger partial charge on any atom is 0.435 e. The highest BCUT2D eigenvalue weighted by molar-refractivity contribution is 5.96. The lowest BCUT2D eigenvalue weighted by atomic mass is 10.0. The molecule has 2 aliphatic heterocycles. The number of likely N-dealkylation sites (tertiary alicyclic amines) is 1. The van der Waals surface area contributed by atoms with Gasteiger partial charge in [0.25, 0.3) is 5.91 Å². The molecule has 3 heterocycles. The molecule has 4 rings (SSSR count). The standard InChI is InChI=1S/C18H24F3N3O3/c1-12-14(15(18(19,20)21)22-24(12)13-4-2-3-5-13)16(25)23-8-6-17(7-9-23)26-10-11-27-17/h13H,2-11H2,1H3. The van der Waals surface area contributed by atoms with Crippen molar-refractivity contribution in [2.24, 2.45) is 0 Å². The Balaban J connectivity index is 1.61. The molecule has 1 aromatic rings. The first-order valence-corrected chi connectivity index (χ1v) is 9.54. The van der Waals surface area contributed by atoms with Gasteiger partial charge in [-0.15, -0.1) is 0 Å². The molecule has 150 valence electrons. The van der Waals surface area contributed by atoms with Crippen molar-refractivity contribution in [1.82, 2.24) is 14.7 Å². The topological polar surface area (TPSA) is 56.6 Å². The summed E-state index contributed by atoms with van der Waals surface area (Å²) >= 11 is 0. The molecule has 9 heteroatoms. The van der Waals surface area contributed by atoms with Crippen LogP contribution in [0.5, 0.6) is 0 Å². The molecule has 1 amide bonds. The number of carbonyl (C=O) groups excluding carboxylic acids is 1. The molecule has 6 nitrogen and oxygen atoms in total. The Labute approximate surface area is 155 Å². The van der Waals surface area contributed by atoms with Gasteiger partial charge < -0.3 is 14.4 Å². The highest BCUT2D eigenvalue weighted by Crippen LogP contribution is 2.38. The molecule has 1 aromatic heterocycles. The van der Waals surface area contributed by atoms with Crippen LogP contribution >= 0.6 is 0 Å². The van der Waals surface area contributed by atoms with Crippen molar-refractivity contribution in [1.29, 1.82) is 0 Å². The molecule has 2 saturated heterocycles. The molecular formula is C18H24F3N3O3. The lowest BCUT2D eigenvalue weighted by Gasteiger charge is -2.37. The molecule has 0 N–H and O–H groups in total. The summed E-state index contributed by atoms with van der Waals surface area (Å²) in [6.07, 6.45) is -0.172. The van der Waals surface area contributed by atoms with Crippen LogP contribution in [0, 0.1) is 6.92 Å². The van der Waals surface area contributed by atoms with Crippen LogP contribution in [-0.4, -0.2) is 52.7 Å². The summed E-state index contributed by atoms with van der Waals surface area (Å²) in [6.45, 7) is 3.22. The van der Waals surface area contributed by atoms with Gasteiger partial charge >= 0.3 is 6.18 Å². The molecule has 0 unspecified atom stereocenters. The molecule has 1 aliphatic carbocycles. The second kappa shape index (κ2) is 6.77. The maximum absolute atomic E-state index is 13.6. The van der Waals surface area contributed by atoms with E-state index in [0.29, 0.717) is 44.8 Å². The highest BCUT2D eigenvalue weighted by Gasteiger charge is 2.45. The van der Waals surface area contributed by atoms with Crippen molar-refractivity contribution in [3.8, 4) is 0 Å². The fraction of sp³-hybridized carbons (Fsp3) is 0.778. The molecule has 1 saturated carbocycles. The molecule has 0 atom stereocenters. The first-order valence-electron chi connectivity index (χ1n) is 9.54. The normalized spacial score (nSPS) is 23.5. The van der Waals surface area contributed by atoms with E-state index in [2.05, 4.69) is 5.10 Å². The first-order chi connectivity index (χ1) is 12.8. The zero-order valence-corrected chi connectivity index (χ0v) is 15.3. The number of rotatable bonds is 2. The molecule has 1 spiro atoms. The van der Waals surface area contributed by atoms with Gasteiger partial charge in [0, 0.05) is 31.6 Å². The fourth-order valence-corrected chi connectivity index (χ4v) is 4.47. The van der Waals surface area contributed by atoms with Gasteiger partial charge in [0.1, 0.15) is 0 Å². The van der Waals surface area contributed by atoms with E-state index in [4.69, 9.17) is 9.47 Å². The van der Waals surface area contributed by atoms with Crippen LogP contribution in [-0.2, 0) is 15.7 Å². The SMILES string of the molecule is Cc1c(C(=O)N2CCC3(CC2)OCCO3)c(C(F)(F)F)nn1C1CCCC1. The van der Waals surface area contributed by atoms with Crippen LogP contribution in [0.3, 0.4) is 0 Å². The van der Waals surface area contributed by atoms with Gasteiger partial charge in [0.05, 0.1) is 24.8 Å². The molecular weight excluding hydrogens is 363 g/mol. The smallest absolute Gasteiger partial charge is 0.347 e. The van der Waals surface area contributed by atoms with E-state index in [1.54, 1.807) is 6.92 Å². The number of amides is 1. The lowest BCUT2D eigenvalue weighted by Crippen LogP contribution is -2.47. The minimum Gasteiger partial charge on any atom is -0.347 e. The Morgan fingerprint density at radius 3 is 2.30 bits per heavy atom. The molecule has 0 bridgehead atoms. The van der Waals surface area contributed by atoms with Gasteiger partial charge in [-0.25, -0.2) is 0 Å². The quantitative estimate of drug-likeness (QED) is 0.781. The summed E-state index contributed by atoms with van der Waals surface area (Å²) in [5, 5.41) is 3.84. The number of ether oxygens (including phenoxy) is 2. The van der Waals surface area contributed by atoms with Crippen LogP contribution < -0.4 is 0 Å². The van der Waals surface area contributed by atoms with E-state index in [-0.39, 0.29) is 11.6 Å². The Morgan fingerprint density at radius 1 is 1.15 bits per heavy atom. The van der Waals surface area contributed by atoms with Crippen molar-refractivity contribution in [3.63, 3.8) is 0 Å². The lowest BCUT2D eigenvalue weighted by molar-refractivity contribution is -0.181. The highest BCUT2D eigenvalue weighted by atomic mass is 19.4. The average Bonchev–Trinajstić information content (AvgIpc) is 3.34. The predicted molar refractivity (Wildman–Crippen MR) is 89.2 cm³/mol. The van der Waals surface area contributed by atoms with E-state index in [0.717, 1.165) is 25.7 Å². The van der Waals surface area contributed by atoms with E-state index < -0.39 is 23.6 Å². The van der Waals surface area contributed by atoms with Crippen molar-refractivity contribution < 1.29 is 27.4 Å². The number of piperidine rings is 1. The summed E-state index contributed by atoms with van der Waals surface area (Å²) in [5.41, 5.74) is -1.06. The first kappa shape index (κ1) is 18.7. The van der Waals surface area contributed by atoms with Crippen LogP contribution in [0.25, 0.3) is 0 Å². The molecule has 0 aromatic carbocycles. The second-order valence-electron chi connectivity index (χ2n) is 7.59. The van der Waals surface area contributed by atoms with Gasteiger partial charge in [-0.1, -0.05) is 12.8 Å². The van der Waals surface area contributed by atoms with Crippen molar-refractivity contribution in [2.75, 3.05) is 26.3 Å². The third-order valence-electron chi connectivity index (χ3n) is 5.93.